The molecule has 0 aliphatic heterocycles. The van der Waals surface area contributed by atoms with E-state index in [0.29, 0.717) is 12.3 Å². The van der Waals surface area contributed by atoms with Crippen molar-refractivity contribution in [2.75, 3.05) is 5.88 Å². The first-order valence-corrected chi connectivity index (χ1v) is 5.83. The molecule has 0 fully saturated rings. The molecule has 2 aromatic rings. The minimum atomic E-state index is -0.108. The molecule has 80 valence electrons. The Hall–Kier alpha value is -1.52. The third kappa shape index (κ3) is 2.03. The second kappa shape index (κ2) is 5.01. The van der Waals surface area contributed by atoms with Crippen LogP contribution in [-0.4, -0.2) is 5.88 Å². The summed E-state index contributed by atoms with van der Waals surface area (Å²) in [6, 6.07) is 16.5. The van der Waals surface area contributed by atoms with Crippen molar-refractivity contribution in [2.24, 2.45) is 0 Å². The van der Waals surface area contributed by atoms with Crippen molar-refractivity contribution >= 4 is 22.4 Å². The van der Waals surface area contributed by atoms with E-state index in [1.54, 1.807) is 0 Å². The molecule has 1 nitrogen and oxygen atoms in total. The van der Waals surface area contributed by atoms with Crippen molar-refractivity contribution in [1.82, 2.24) is 0 Å². The van der Waals surface area contributed by atoms with Gasteiger partial charge >= 0.3 is 0 Å². The fourth-order valence-electron chi connectivity index (χ4n) is 1.95. The van der Waals surface area contributed by atoms with Crippen molar-refractivity contribution in [3.05, 3.63) is 48.0 Å². The minimum Gasteiger partial charge on any atom is -0.198 e. The Morgan fingerprint density at radius 2 is 1.88 bits per heavy atom. The molecule has 0 aliphatic rings. The molecule has 2 rings (SSSR count). The largest absolute Gasteiger partial charge is 0.198 e. The van der Waals surface area contributed by atoms with Gasteiger partial charge in [0.15, 0.2) is 0 Å². The van der Waals surface area contributed by atoms with Crippen LogP contribution in [0.15, 0.2) is 42.5 Å². The smallest absolute Gasteiger partial charge is 0.0730 e. The van der Waals surface area contributed by atoms with Crippen molar-refractivity contribution in [3.8, 4) is 6.07 Å². The Balaban J connectivity index is 2.55. The van der Waals surface area contributed by atoms with Gasteiger partial charge in [-0.1, -0.05) is 42.5 Å². The van der Waals surface area contributed by atoms with Crippen molar-refractivity contribution < 1.29 is 0 Å². The van der Waals surface area contributed by atoms with Crippen LogP contribution in [0, 0.1) is 11.3 Å². The van der Waals surface area contributed by atoms with E-state index in [1.807, 2.05) is 24.3 Å². The summed E-state index contributed by atoms with van der Waals surface area (Å²) in [4.78, 5) is 0. The van der Waals surface area contributed by atoms with Gasteiger partial charge in [0.2, 0.25) is 0 Å². The predicted octanol–water partition coefficient (Wildman–Crippen LogP) is 4.08. The molecule has 0 aliphatic carbocycles. The quantitative estimate of drug-likeness (QED) is 0.728. The van der Waals surface area contributed by atoms with Gasteiger partial charge < -0.3 is 0 Å². The van der Waals surface area contributed by atoms with Gasteiger partial charge in [0.05, 0.1) is 12.0 Å². The van der Waals surface area contributed by atoms with E-state index < -0.39 is 0 Å². The van der Waals surface area contributed by atoms with Crippen LogP contribution in [0.3, 0.4) is 0 Å². The van der Waals surface area contributed by atoms with E-state index in [0.717, 1.165) is 10.9 Å². The first-order valence-electron chi connectivity index (χ1n) is 5.30. The number of nitrogens with zero attached hydrogens (tertiary/aromatic N) is 1. The van der Waals surface area contributed by atoms with E-state index >= 15 is 0 Å². The standard InChI is InChI=1S/C14H12ClN/c15-9-8-12(10-16)14-7-3-5-11-4-1-2-6-13(11)14/h1-7,12H,8-9H2/t12-/m1/s1. The van der Waals surface area contributed by atoms with Crippen LogP contribution in [0.2, 0.25) is 0 Å². The maximum absolute atomic E-state index is 9.16. The Labute approximate surface area is 100 Å². The van der Waals surface area contributed by atoms with Gasteiger partial charge in [0.25, 0.3) is 0 Å². The molecule has 0 saturated carbocycles. The van der Waals surface area contributed by atoms with Crippen molar-refractivity contribution in [1.29, 1.82) is 5.26 Å². The SMILES string of the molecule is N#C[C@@H](CCCl)c1cccc2ccccc12. The van der Waals surface area contributed by atoms with E-state index in [2.05, 4.69) is 24.3 Å². The monoisotopic (exact) mass is 229 g/mol. The number of halogens is 1. The fourth-order valence-corrected chi connectivity index (χ4v) is 2.17. The van der Waals surface area contributed by atoms with Crippen molar-refractivity contribution in [3.63, 3.8) is 0 Å². The number of hydrogen-bond donors (Lipinski definition) is 0. The maximum atomic E-state index is 9.16. The van der Waals surface area contributed by atoms with E-state index in [-0.39, 0.29) is 5.92 Å². The zero-order chi connectivity index (χ0) is 11.4. The maximum Gasteiger partial charge on any atom is 0.0730 e. The fraction of sp³-hybridized carbons (Fsp3) is 0.214. The number of benzene rings is 2. The van der Waals surface area contributed by atoms with Crippen LogP contribution in [0.5, 0.6) is 0 Å². The van der Waals surface area contributed by atoms with E-state index in [1.165, 1.54) is 5.39 Å². The number of alkyl halides is 1. The summed E-state index contributed by atoms with van der Waals surface area (Å²) in [5.74, 6) is 0.408. The highest BCUT2D eigenvalue weighted by molar-refractivity contribution is 6.17. The lowest BCUT2D eigenvalue weighted by Gasteiger charge is -2.10. The zero-order valence-electron chi connectivity index (χ0n) is 8.86. The van der Waals surface area contributed by atoms with Crippen LogP contribution < -0.4 is 0 Å². The van der Waals surface area contributed by atoms with Gasteiger partial charge in [-0.3, -0.25) is 0 Å². The molecule has 2 heteroatoms. The van der Waals surface area contributed by atoms with Gasteiger partial charge in [0, 0.05) is 5.88 Å². The summed E-state index contributed by atoms with van der Waals surface area (Å²) in [5.41, 5.74) is 1.08. The molecule has 0 saturated heterocycles. The molecule has 0 amide bonds. The average molecular weight is 230 g/mol. The van der Waals surface area contributed by atoms with Crippen LogP contribution in [0.25, 0.3) is 10.8 Å². The zero-order valence-corrected chi connectivity index (χ0v) is 9.61. The third-order valence-corrected chi connectivity index (χ3v) is 2.97. The topological polar surface area (TPSA) is 23.8 Å². The van der Waals surface area contributed by atoms with Crippen molar-refractivity contribution in [2.45, 2.75) is 12.3 Å². The highest BCUT2D eigenvalue weighted by atomic mass is 35.5. The molecule has 0 unspecified atom stereocenters. The number of rotatable bonds is 3. The summed E-state index contributed by atoms with van der Waals surface area (Å²) in [6.45, 7) is 0. The highest BCUT2D eigenvalue weighted by Crippen LogP contribution is 2.27. The second-order valence-corrected chi connectivity index (χ2v) is 4.11. The average Bonchev–Trinajstić information content (AvgIpc) is 2.35. The summed E-state index contributed by atoms with van der Waals surface area (Å²) in [6.07, 6.45) is 0.700. The molecule has 0 spiro atoms. The first-order chi connectivity index (χ1) is 7.86. The number of fused-ring (bicyclic) bond motifs is 1. The summed E-state index contributed by atoms with van der Waals surface area (Å²) in [5, 5.41) is 11.5. The van der Waals surface area contributed by atoms with Crippen LogP contribution in [-0.2, 0) is 0 Å². The molecule has 0 radical (unpaired) electrons. The molecule has 16 heavy (non-hydrogen) atoms. The Bertz CT molecular complexity index is 522. The minimum absolute atomic E-state index is 0.108. The normalized spacial score (nSPS) is 12.2. The van der Waals surface area contributed by atoms with Gasteiger partial charge in [-0.15, -0.1) is 11.6 Å². The lowest BCUT2D eigenvalue weighted by molar-refractivity contribution is 0.831. The molecular formula is C14H12ClN. The van der Waals surface area contributed by atoms with Gasteiger partial charge in [0.1, 0.15) is 0 Å². The number of hydrogen-bond acceptors (Lipinski definition) is 1. The second-order valence-electron chi connectivity index (χ2n) is 3.73. The summed E-state index contributed by atoms with van der Waals surface area (Å²) < 4.78 is 0. The predicted molar refractivity (Wildman–Crippen MR) is 67.6 cm³/mol. The van der Waals surface area contributed by atoms with Gasteiger partial charge in [-0.2, -0.15) is 5.26 Å². The lowest BCUT2D eigenvalue weighted by atomic mass is 9.93. The molecule has 0 N–H and O–H groups in total. The Morgan fingerprint density at radius 1 is 1.12 bits per heavy atom. The molecule has 1 atom stereocenters. The highest BCUT2D eigenvalue weighted by Gasteiger charge is 2.12. The Kier molecular flexibility index (Phi) is 3.44. The van der Waals surface area contributed by atoms with E-state index in [4.69, 9.17) is 16.9 Å². The summed E-state index contributed by atoms with van der Waals surface area (Å²) >= 11 is 5.72. The molecule has 2 aromatic carbocycles. The molecular weight excluding hydrogens is 218 g/mol. The molecule has 0 bridgehead atoms. The number of nitriles is 1. The first kappa shape index (κ1) is 11.0. The summed E-state index contributed by atoms with van der Waals surface area (Å²) in [7, 11) is 0. The van der Waals surface area contributed by atoms with Crippen LogP contribution in [0.1, 0.15) is 17.9 Å². The lowest BCUT2D eigenvalue weighted by Crippen LogP contribution is -1.97. The van der Waals surface area contributed by atoms with Crippen LogP contribution in [0.4, 0.5) is 0 Å². The van der Waals surface area contributed by atoms with E-state index in [9.17, 15) is 0 Å². The molecule has 0 heterocycles. The van der Waals surface area contributed by atoms with Gasteiger partial charge in [-0.25, -0.2) is 0 Å². The van der Waals surface area contributed by atoms with Gasteiger partial charge in [-0.05, 0) is 22.8 Å². The van der Waals surface area contributed by atoms with Crippen LogP contribution >= 0.6 is 11.6 Å². The third-order valence-electron chi connectivity index (χ3n) is 2.75. The molecule has 0 aromatic heterocycles. The Morgan fingerprint density at radius 3 is 2.62 bits per heavy atom.